The zero-order chi connectivity index (χ0) is 30.6. The molecule has 7 atom stereocenters. The topological polar surface area (TPSA) is 168 Å². The molecular weight excluding hydrogens is 592 g/mol. The van der Waals surface area contributed by atoms with Crippen LogP contribution in [-0.2, 0) is 43.8 Å². The van der Waals surface area contributed by atoms with Crippen molar-refractivity contribution >= 4 is 43.9 Å². The van der Waals surface area contributed by atoms with Crippen LogP contribution in [0.5, 0.6) is 5.88 Å². The highest BCUT2D eigenvalue weighted by Gasteiger charge is 2.90. The Morgan fingerprint density at radius 1 is 1.14 bits per heavy atom. The van der Waals surface area contributed by atoms with Crippen LogP contribution in [0, 0.1) is 0 Å². The third-order valence-electron chi connectivity index (χ3n) is 8.11. The van der Waals surface area contributed by atoms with E-state index in [9.17, 15) is 9.36 Å². The first kappa shape index (κ1) is 28.8. The molecule has 2 aromatic carbocycles. The fourth-order valence-electron chi connectivity index (χ4n) is 5.90. The van der Waals surface area contributed by atoms with Crippen molar-refractivity contribution in [3.8, 4) is 5.88 Å². The minimum absolute atomic E-state index is 0.00311. The van der Waals surface area contributed by atoms with E-state index >= 15 is 0 Å². The predicted molar refractivity (Wildman–Crippen MR) is 155 cm³/mol. The number of ether oxygens (including phenoxy) is 3. The molecule has 2 saturated heterocycles. The molecule has 0 radical (unpaired) electrons. The largest absolute Gasteiger partial charge is 0.698 e. The lowest BCUT2D eigenvalue weighted by Gasteiger charge is -2.33. The molecule has 2 aromatic heterocycles. The Kier molecular flexibility index (Phi) is 7.11. The quantitative estimate of drug-likeness (QED) is 0.156. The van der Waals surface area contributed by atoms with E-state index in [0.717, 1.165) is 11.0 Å². The first-order chi connectivity index (χ1) is 21.2. The van der Waals surface area contributed by atoms with Crippen LogP contribution in [0.1, 0.15) is 25.6 Å². The fourth-order valence-corrected chi connectivity index (χ4v) is 6.74. The number of hydrogen-bond donors (Lipinski definition) is 1. The number of methoxy groups -OCH3 is 1. The molecule has 0 amide bonds. The summed E-state index contributed by atoms with van der Waals surface area (Å²) < 4.78 is 56.1. The molecule has 226 valence electrons. The maximum absolute atomic E-state index is 13.0. The van der Waals surface area contributed by atoms with E-state index in [1.54, 1.807) is 4.57 Å². The number of anilines is 1. The molecule has 7 unspecified atom stereocenters. The molecule has 1 saturated carbocycles. The van der Waals surface area contributed by atoms with Crippen LogP contribution >= 0.6 is 8.25 Å². The number of carbonyl (C=O) groups excluding carboxylic acids is 1. The van der Waals surface area contributed by atoms with E-state index in [4.69, 9.17) is 38.3 Å². The lowest BCUT2D eigenvalue weighted by atomic mass is 9.79. The highest BCUT2D eigenvalue weighted by Crippen LogP contribution is 2.69. The van der Waals surface area contributed by atoms with Gasteiger partial charge in [-0.2, -0.15) is 9.97 Å². The Labute approximate surface area is 252 Å². The Morgan fingerprint density at radius 3 is 2.59 bits per heavy atom. The van der Waals surface area contributed by atoms with Crippen LogP contribution in [0.2, 0.25) is 0 Å². The summed E-state index contributed by atoms with van der Waals surface area (Å²) in [5.41, 5.74) is 5.94. The predicted octanol–water partition coefficient (Wildman–Crippen LogP) is 2.46. The number of aromatic nitrogens is 4. The Morgan fingerprint density at radius 2 is 1.86 bits per heavy atom. The number of nitrogens with two attached hydrogens (primary N) is 1. The standard InChI is InChI=1S/C28H28BN5O9P/c1-16(24(35)38-14-17-10-6-4-7-11-17)40-44(36)41-21-20-28(21)27(2,42-29(43-28)18-12-8-5-9-13-18)25(39-20)34-15-31-19-22(34)32-26(30)33-23(19)37-3/h4-13,15-16,20-21,25H,14H2,1-3H3,(H2,30,32,33)/q+1. The lowest BCUT2D eigenvalue weighted by Crippen LogP contribution is -2.47. The molecule has 16 heteroatoms. The molecule has 4 heterocycles. The highest BCUT2D eigenvalue weighted by molar-refractivity contribution is 7.33. The zero-order valence-electron chi connectivity index (χ0n) is 23.9. The molecule has 0 bridgehead atoms. The van der Waals surface area contributed by atoms with Gasteiger partial charge in [-0.05, 0) is 24.9 Å². The van der Waals surface area contributed by atoms with Gasteiger partial charge >= 0.3 is 21.3 Å². The van der Waals surface area contributed by atoms with Gasteiger partial charge in [-0.15, -0.1) is 9.05 Å². The van der Waals surface area contributed by atoms with Gasteiger partial charge in [0.05, 0.1) is 13.4 Å². The van der Waals surface area contributed by atoms with E-state index in [1.807, 2.05) is 67.6 Å². The number of nitrogen functional groups attached to an aromatic ring is 1. The highest BCUT2D eigenvalue weighted by atomic mass is 31.1. The molecule has 7 rings (SSSR count). The molecule has 4 aromatic rings. The first-order valence-electron chi connectivity index (χ1n) is 13.9. The molecule has 2 N–H and O–H groups in total. The monoisotopic (exact) mass is 620 g/mol. The summed E-state index contributed by atoms with van der Waals surface area (Å²) >= 11 is 0. The number of nitrogens with zero attached hydrogens (tertiary/aromatic N) is 4. The van der Waals surface area contributed by atoms with Gasteiger partial charge in [0.1, 0.15) is 23.9 Å². The van der Waals surface area contributed by atoms with Crippen LogP contribution in [0.4, 0.5) is 5.95 Å². The van der Waals surface area contributed by atoms with Crippen LogP contribution in [-0.4, -0.2) is 69.2 Å². The summed E-state index contributed by atoms with van der Waals surface area (Å²) in [4.78, 5) is 25.4. The number of imidazole rings is 1. The smallest absolute Gasteiger partial charge is 0.479 e. The second-order valence-electron chi connectivity index (χ2n) is 10.8. The number of carbonyl (C=O) groups is 1. The molecule has 2 aliphatic heterocycles. The molecule has 14 nitrogen and oxygen atoms in total. The molecule has 44 heavy (non-hydrogen) atoms. The second kappa shape index (κ2) is 10.9. The Balaban J connectivity index is 1.11. The van der Waals surface area contributed by atoms with E-state index in [0.29, 0.717) is 11.2 Å². The van der Waals surface area contributed by atoms with Gasteiger partial charge < -0.3 is 29.3 Å². The van der Waals surface area contributed by atoms with Crippen molar-refractivity contribution in [1.82, 2.24) is 19.5 Å². The van der Waals surface area contributed by atoms with E-state index in [2.05, 4.69) is 15.0 Å². The average Bonchev–Trinajstić information content (AvgIpc) is 3.29. The maximum Gasteiger partial charge on any atom is 0.698 e. The van der Waals surface area contributed by atoms with Crippen LogP contribution in [0.15, 0.2) is 67.0 Å². The van der Waals surface area contributed by atoms with Gasteiger partial charge in [-0.1, -0.05) is 60.7 Å². The third-order valence-corrected chi connectivity index (χ3v) is 9.00. The van der Waals surface area contributed by atoms with Crippen molar-refractivity contribution in [2.75, 3.05) is 12.8 Å². The number of benzene rings is 2. The molecule has 1 aliphatic carbocycles. The summed E-state index contributed by atoms with van der Waals surface area (Å²) in [6, 6.07) is 18.6. The summed E-state index contributed by atoms with van der Waals surface area (Å²) in [7, 11) is -2.09. The molecule has 3 fully saturated rings. The second-order valence-corrected chi connectivity index (χ2v) is 11.7. The van der Waals surface area contributed by atoms with Crippen LogP contribution in [0.3, 0.4) is 0 Å². The van der Waals surface area contributed by atoms with Crippen molar-refractivity contribution < 1.29 is 41.9 Å². The van der Waals surface area contributed by atoms with Crippen molar-refractivity contribution in [2.24, 2.45) is 0 Å². The van der Waals surface area contributed by atoms with Gasteiger partial charge in [0.15, 0.2) is 23.5 Å². The van der Waals surface area contributed by atoms with E-state index in [1.165, 1.54) is 20.4 Å². The number of fused-ring (bicyclic) bond motifs is 1. The normalized spacial score (nSPS) is 27.9. The fraction of sp³-hybridized carbons (Fsp3) is 0.357. The molecule has 3 aliphatic rings. The Bertz CT molecular complexity index is 1730. The van der Waals surface area contributed by atoms with Gasteiger partial charge in [-0.25, -0.2) is 9.78 Å². The van der Waals surface area contributed by atoms with Crippen molar-refractivity contribution in [2.45, 2.75) is 56.2 Å². The number of hydrogen-bond acceptors (Lipinski definition) is 13. The summed E-state index contributed by atoms with van der Waals surface area (Å²) in [6.45, 7) is 3.33. The van der Waals surface area contributed by atoms with E-state index in [-0.39, 0.29) is 18.4 Å². The van der Waals surface area contributed by atoms with Gasteiger partial charge in [0.2, 0.25) is 17.9 Å². The number of esters is 1. The van der Waals surface area contributed by atoms with Gasteiger partial charge in [0, 0.05) is 4.57 Å². The number of rotatable bonds is 10. The summed E-state index contributed by atoms with van der Waals surface area (Å²) in [5.74, 6) is -0.465. The van der Waals surface area contributed by atoms with Crippen molar-refractivity contribution in [3.63, 3.8) is 0 Å². The first-order valence-corrected chi connectivity index (χ1v) is 15.0. The van der Waals surface area contributed by atoms with Crippen LogP contribution in [0.25, 0.3) is 11.2 Å². The zero-order valence-corrected chi connectivity index (χ0v) is 24.8. The summed E-state index contributed by atoms with van der Waals surface area (Å²) in [6.07, 6.45) is -1.94. The average molecular weight is 620 g/mol. The maximum atomic E-state index is 13.0. The van der Waals surface area contributed by atoms with E-state index < -0.39 is 57.1 Å². The molecule has 1 spiro atoms. The minimum Gasteiger partial charge on any atom is -0.479 e. The Hall–Kier alpha value is -3.98. The van der Waals surface area contributed by atoms with Gasteiger partial charge in [0.25, 0.3) is 0 Å². The lowest BCUT2D eigenvalue weighted by molar-refractivity contribution is -0.152. The van der Waals surface area contributed by atoms with Crippen LogP contribution < -0.4 is 15.9 Å². The minimum atomic E-state index is -2.78. The van der Waals surface area contributed by atoms with Gasteiger partial charge in [-0.3, -0.25) is 4.57 Å². The summed E-state index contributed by atoms with van der Waals surface area (Å²) in [5, 5.41) is 0. The molecular formula is C28H28BN5O9P+. The third kappa shape index (κ3) is 4.55. The van der Waals surface area contributed by atoms with Crippen molar-refractivity contribution in [1.29, 1.82) is 0 Å². The van der Waals surface area contributed by atoms with Crippen molar-refractivity contribution in [3.05, 3.63) is 72.6 Å². The SMILES string of the molecule is COc1nc(N)nc2c1ncn2C1OC2C(O[P+](=O)OC(C)C(=O)OCc3ccccc3)C23OB(c2ccccc2)OC13C.